The van der Waals surface area contributed by atoms with Gasteiger partial charge in [-0.25, -0.2) is 8.78 Å². The first kappa shape index (κ1) is 26.8. The van der Waals surface area contributed by atoms with Crippen molar-refractivity contribution in [3.8, 4) is 0 Å². The first-order valence-electron chi connectivity index (χ1n) is 13.1. The molecular formula is C30H33F2N5O2. The maximum Gasteiger partial charge on any atom is 0.258 e. The highest BCUT2D eigenvalue weighted by atomic mass is 19.1. The maximum absolute atomic E-state index is 13.7. The Kier molecular flexibility index (Phi) is 8.18. The molecular weight excluding hydrogens is 500 g/mol. The smallest absolute Gasteiger partial charge is 0.258 e. The minimum absolute atomic E-state index is 0.260. The zero-order chi connectivity index (χ0) is 27.4. The fourth-order valence-corrected chi connectivity index (χ4v) is 5.00. The zero-order valence-corrected chi connectivity index (χ0v) is 22.3. The van der Waals surface area contributed by atoms with E-state index in [4.69, 9.17) is 4.74 Å². The lowest BCUT2D eigenvalue weighted by Crippen LogP contribution is -2.44. The van der Waals surface area contributed by atoms with Crippen LogP contribution in [0.4, 0.5) is 20.2 Å². The Morgan fingerprint density at radius 3 is 2.49 bits per heavy atom. The fourth-order valence-electron chi connectivity index (χ4n) is 5.00. The van der Waals surface area contributed by atoms with Crippen LogP contribution in [0.1, 0.15) is 32.6 Å². The molecule has 5 rings (SSSR count). The van der Waals surface area contributed by atoms with Crippen molar-refractivity contribution in [3.05, 3.63) is 94.0 Å². The third kappa shape index (κ3) is 6.43. The van der Waals surface area contributed by atoms with Gasteiger partial charge in [-0.1, -0.05) is 12.1 Å². The van der Waals surface area contributed by atoms with E-state index in [0.717, 1.165) is 60.3 Å². The van der Waals surface area contributed by atoms with Gasteiger partial charge in [0, 0.05) is 62.8 Å². The number of methoxy groups -OCH3 is 1. The number of carbonyl (C=O) groups excluding carboxylic acids is 1. The Bertz CT molecular complexity index is 1370. The van der Waals surface area contributed by atoms with Gasteiger partial charge in [0.05, 0.1) is 18.7 Å². The number of hydrogen-bond donors (Lipinski definition) is 2. The molecule has 204 valence electrons. The minimum Gasteiger partial charge on any atom is -0.383 e. The number of aliphatic imine (C=N–C) groups is 1. The number of fused-ring (bicyclic) bond motifs is 1. The van der Waals surface area contributed by atoms with Crippen LogP contribution >= 0.6 is 0 Å². The summed E-state index contributed by atoms with van der Waals surface area (Å²) in [6.07, 6.45) is 0.366. The van der Waals surface area contributed by atoms with Crippen LogP contribution in [0.25, 0.3) is 0 Å². The summed E-state index contributed by atoms with van der Waals surface area (Å²) in [6, 6.07) is 15.2. The average Bonchev–Trinajstić information content (AvgIpc) is 3.30. The molecule has 2 aliphatic heterocycles. The highest BCUT2D eigenvalue weighted by molar-refractivity contribution is 6.15. The Labute approximate surface area is 227 Å². The lowest BCUT2D eigenvalue weighted by atomic mass is 9.99. The van der Waals surface area contributed by atoms with Crippen molar-refractivity contribution < 1.29 is 18.3 Å². The number of carbonyl (C=O) groups is 1. The Hall–Kier alpha value is -3.82. The van der Waals surface area contributed by atoms with Crippen molar-refractivity contribution >= 4 is 23.1 Å². The van der Waals surface area contributed by atoms with E-state index in [1.807, 2.05) is 36.4 Å². The van der Waals surface area contributed by atoms with Gasteiger partial charge in [0.15, 0.2) is 0 Å². The Morgan fingerprint density at radius 2 is 1.74 bits per heavy atom. The van der Waals surface area contributed by atoms with Crippen LogP contribution in [0.15, 0.2) is 59.6 Å². The quantitative estimate of drug-likeness (QED) is 0.428. The molecule has 1 amide bonds. The number of nitrogens with zero attached hydrogens (tertiary/aromatic N) is 3. The summed E-state index contributed by atoms with van der Waals surface area (Å²) < 4.78 is 32.5. The van der Waals surface area contributed by atoms with Crippen LogP contribution in [-0.2, 0) is 17.7 Å². The number of nitrogens with one attached hydrogen (secondary N) is 2. The number of halogens is 2. The summed E-state index contributed by atoms with van der Waals surface area (Å²) in [5.74, 6) is -0.972. The van der Waals surface area contributed by atoms with E-state index in [-0.39, 0.29) is 5.91 Å². The molecule has 2 aliphatic rings. The number of amidine groups is 1. The third-order valence-corrected chi connectivity index (χ3v) is 7.14. The van der Waals surface area contributed by atoms with Crippen LogP contribution in [0, 0.1) is 11.6 Å². The third-order valence-electron chi connectivity index (χ3n) is 7.14. The van der Waals surface area contributed by atoms with Gasteiger partial charge in [-0.3, -0.25) is 9.79 Å². The van der Waals surface area contributed by atoms with Crippen LogP contribution in [-0.4, -0.2) is 70.1 Å². The molecule has 0 saturated carbocycles. The van der Waals surface area contributed by atoms with Crippen molar-refractivity contribution in [2.75, 3.05) is 63.7 Å². The molecule has 39 heavy (non-hydrogen) atoms. The van der Waals surface area contributed by atoms with Gasteiger partial charge < -0.3 is 25.2 Å². The van der Waals surface area contributed by atoms with Crippen LogP contribution in [0.5, 0.6) is 0 Å². The van der Waals surface area contributed by atoms with Gasteiger partial charge in [0.1, 0.15) is 17.5 Å². The van der Waals surface area contributed by atoms with E-state index in [1.165, 1.54) is 12.1 Å². The predicted molar refractivity (Wildman–Crippen MR) is 150 cm³/mol. The van der Waals surface area contributed by atoms with E-state index < -0.39 is 11.6 Å². The van der Waals surface area contributed by atoms with Crippen molar-refractivity contribution in [1.29, 1.82) is 0 Å². The molecule has 0 aliphatic carbocycles. The number of anilines is 2. The number of benzene rings is 3. The highest BCUT2D eigenvalue weighted by Crippen LogP contribution is 2.26. The van der Waals surface area contributed by atoms with Crippen molar-refractivity contribution in [2.45, 2.75) is 13.0 Å². The minimum atomic E-state index is -0.603. The molecule has 1 saturated heterocycles. The van der Waals surface area contributed by atoms with E-state index in [1.54, 1.807) is 7.11 Å². The van der Waals surface area contributed by atoms with Crippen LogP contribution < -0.4 is 15.5 Å². The van der Waals surface area contributed by atoms with Gasteiger partial charge in [-0.05, 0) is 66.6 Å². The van der Waals surface area contributed by atoms with Crippen molar-refractivity contribution in [3.63, 3.8) is 0 Å². The fraction of sp³-hybridized carbons (Fsp3) is 0.333. The molecule has 9 heteroatoms. The number of ether oxygens (including phenoxy) is 1. The molecule has 0 spiro atoms. The second-order valence-electron chi connectivity index (χ2n) is 10.0. The lowest BCUT2D eigenvalue weighted by Gasteiger charge is -2.34. The van der Waals surface area contributed by atoms with Crippen LogP contribution in [0.3, 0.4) is 0 Å². The molecule has 3 aromatic rings. The monoisotopic (exact) mass is 533 g/mol. The Morgan fingerprint density at radius 1 is 0.974 bits per heavy atom. The first-order chi connectivity index (χ1) is 18.9. The summed E-state index contributed by atoms with van der Waals surface area (Å²) in [6.45, 7) is 5.37. The molecule has 0 bridgehead atoms. The predicted octanol–water partition coefficient (Wildman–Crippen LogP) is 4.06. The number of amides is 1. The van der Waals surface area contributed by atoms with E-state index >= 15 is 0 Å². The number of rotatable bonds is 8. The van der Waals surface area contributed by atoms with Crippen molar-refractivity contribution in [1.82, 2.24) is 10.2 Å². The average molecular weight is 534 g/mol. The van der Waals surface area contributed by atoms with Crippen molar-refractivity contribution in [2.24, 2.45) is 4.99 Å². The number of likely N-dealkylation sites (N-methyl/N-ethyl adjacent to an activating group) is 1. The molecule has 3 aromatic carbocycles. The van der Waals surface area contributed by atoms with Gasteiger partial charge in [-0.15, -0.1) is 0 Å². The number of hydrogen-bond acceptors (Lipinski definition) is 6. The zero-order valence-electron chi connectivity index (χ0n) is 22.3. The first-order valence-corrected chi connectivity index (χ1v) is 13.1. The Balaban J connectivity index is 1.34. The SMILES string of the molecule is COCCNc1cc(N2CCN(C)CC2)ccc1C(=O)NC1=NCc2ccc(Cc3cc(F)cc(F)c3)cc21. The van der Waals surface area contributed by atoms with Gasteiger partial charge >= 0.3 is 0 Å². The number of piperazine rings is 1. The second kappa shape index (κ2) is 11.9. The molecule has 2 N–H and O–H groups in total. The van der Waals surface area contributed by atoms with E-state index in [9.17, 15) is 13.6 Å². The van der Waals surface area contributed by atoms with Crippen LogP contribution in [0.2, 0.25) is 0 Å². The van der Waals surface area contributed by atoms with Gasteiger partial charge in [0.25, 0.3) is 5.91 Å². The molecule has 0 unspecified atom stereocenters. The second-order valence-corrected chi connectivity index (χ2v) is 10.0. The standard InChI is InChI=1S/C30H33F2N5O2/c1-36-8-10-37(11-9-36)25-5-6-26(28(18-25)33-7-12-39-2)30(38)35-29-27-16-20(3-4-22(27)19-34-29)13-21-14-23(31)17-24(32)15-21/h3-6,14-18,33H,7-13,19H2,1-2H3,(H,34,35,38). The van der Waals surface area contributed by atoms with E-state index in [2.05, 4.69) is 32.5 Å². The summed E-state index contributed by atoms with van der Waals surface area (Å²) >= 11 is 0. The molecule has 1 fully saturated rings. The summed E-state index contributed by atoms with van der Waals surface area (Å²) in [7, 11) is 3.77. The maximum atomic E-state index is 13.7. The molecule has 7 nitrogen and oxygen atoms in total. The molecule has 0 atom stereocenters. The van der Waals surface area contributed by atoms with Gasteiger partial charge in [0.2, 0.25) is 0 Å². The van der Waals surface area contributed by atoms with E-state index in [0.29, 0.717) is 43.1 Å². The summed E-state index contributed by atoms with van der Waals surface area (Å²) in [5, 5.41) is 6.34. The summed E-state index contributed by atoms with van der Waals surface area (Å²) in [5.41, 5.74) is 5.56. The van der Waals surface area contributed by atoms with Gasteiger partial charge in [-0.2, -0.15) is 0 Å². The summed E-state index contributed by atoms with van der Waals surface area (Å²) in [4.78, 5) is 22.7. The molecule has 0 radical (unpaired) electrons. The normalized spacial score (nSPS) is 15.2. The molecule has 0 aromatic heterocycles. The lowest BCUT2D eigenvalue weighted by molar-refractivity contribution is 0.0978. The topological polar surface area (TPSA) is 69.2 Å². The molecule has 2 heterocycles. The largest absolute Gasteiger partial charge is 0.383 e. The highest BCUT2D eigenvalue weighted by Gasteiger charge is 2.22.